The molecule has 0 aromatic heterocycles. The molecule has 8 N–H and O–H groups in total. The third-order valence-corrected chi connectivity index (χ3v) is 10.0. The lowest BCUT2D eigenvalue weighted by Gasteiger charge is -2.33. The molecule has 15 heteroatoms. The van der Waals surface area contributed by atoms with Gasteiger partial charge in [0.15, 0.2) is 0 Å². The van der Waals surface area contributed by atoms with E-state index in [1.54, 1.807) is 49.9 Å². The summed E-state index contributed by atoms with van der Waals surface area (Å²) >= 11 is 0. The molecule has 0 radical (unpaired) electrons. The van der Waals surface area contributed by atoms with E-state index in [4.69, 9.17) is 20.9 Å². The van der Waals surface area contributed by atoms with E-state index in [0.29, 0.717) is 56.6 Å². The van der Waals surface area contributed by atoms with Crippen molar-refractivity contribution < 1.29 is 38.2 Å². The number of carbonyl (C=O) groups is 6. The number of rotatable bonds is 9. The molecule has 5 atom stereocenters. The Labute approximate surface area is 306 Å². The molecular weight excluding hydrogens is 670 g/mol. The summed E-state index contributed by atoms with van der Waals surface area (Å²) in [6.07, 6.45) is 6.57. The fraction of sp³-hybridized carbons (Fsp3) is 0.676. The van der Waals surface area contributed by atoms with Crippen LogP contribution in [0.3, 0.4) is 0 Å². The zero-order valence-corrected chi connectivity index (χ0v) is 30.7. The van der Waals surface area contributed by atoms with Gasteiger partial charge in [0.1, 0.15) is 48.3 Å². The van der Waals surface area contributed by atoms with Gasteiger partial charge in [0.2, 0.25) is 35.4 Å². The minimum Gasteiger partial charge on any atom is -0.493 e. The Morgan fingerprint density at radius 2 is 1.65 bits per heavy atom. The highest BCUT2D eigenvalue weighted by Gasteiger charge is 2.40. The van der Waals surface area contributed by atoms with Gasteiger partial charge in [-0.1, -0.05) is 46.1 Å². The topological polar surface area (TPSA) is 224 Å². The first kappa shape index (κ1) is 40.4. The second-order valence-corrected chi connectivity index (χ2v) is 15.1. The normalized spacial score (nSPS) is 23.7. The summed E-state index contributed by atoms with van der Waals surface area (Å²) in [5, 5.41) is 11.2. The molecule has 5 unspecified atom stereocenters. The molecule has 1 aliphatic carbocycles. The number of amides is 6. The van der Waals surface area contributed by atoms with Gasteiger partial charge in [-0.2, -0.15) is 0 Å². The molecule has 0 spiro atoms. The number of carbonyl (C=O) groups excluding carboxylic acids is 6. The molecule has 2 bridgehead atoms. The molecule has 1 aromatic rings. The summed E-state index contributed by atoms with van der Waals surface area (Å²) in [6, 6.07) is 1.70. The van der Waals surface area contributed by atoms with Crippen molar-refractivity contribution in [2.45, 2.75) is 122 Å². The minimum atomic E-state index is -1.30. The zero-order chi connectivity index (χ0) is 37.8. The number of nitrogens with one attached hydrogen (secondary N) is 4. The molecular formula is C37H57N7O8. The Hall–Kier alpha value is -4.40. The molecule has 1 saturated heterocycles. The number of ether oxygens (including phenoxy) is 2. The number of primary amides is 1. The van der Waals surface area contributed by atoms with Crippen molar-refractivity contribution in [2.24, 2.45) is 22.8 Å². The standard InChI is InChI=1S/C37H57N7O8/c1-37(2,3)31(32(39)46)43-33(47)26(15-8-18-38)40-34(48)27-22-52-25-14-7-13-24(21-25)51-20-10-17-29(45)44-19-9-16-28(44)35(49)42-30(36(50)41-27)23-11-5-4-6-12-23/h7,13-14,21,23,26-28,30-31H,4-6,8-12,15-20,22,38H2,1-3H3,(H2,39,46)(H,40,48)(H,41,50)(H,42,49)(H,43,47). The Morgan fingerprint density at radius 1 is 0.942 bits per heavy atom. The second-order valence-electron chi connectivity index (χ2n) is 15.1. The number of nitrogens with two attached hydrogens (primary N) is 2. The summed E-state index contributed by atoms with van der Waals surface area (Å²) in [7, 11) is 0. The SMILES string of the molecule is CC(C)(C)C(NC(=O)C(CCCN)NC(=O)C1COc2cccc(c2)OCCCC(=O)N2CCCC2C(=O)NC(C2CCCCC2)C(=O)N1)C(N)=O. The highest BCUT2D eigenvalue weighted by molar-refractivity contribution is 5.96. The third-order valence-electron chi connectivity index (χ3n) is 10.0. The first-order valence-corrected chi connectivity index (χ1v) is 18.6. The van der Waals surface area contributed by atoms with Gasteiger partial charge in [-0.15, -0.1) is 0 Å². The van der Waals surface area contributed by atoms with Crippen molar-refractivity contribution in [3.63, 3.8) is 0 Å². The first-order chi connectivity index (χ1) is 24.8. The third kappa shape index (κ3) is 11.3. The average Bonchev–Trinajstić information content (AvgIpc) is 3.61. The van der Waals surface area contributed by atoms with Gasteiger partial charge < -0.3 is 47.1 Å². The van der Waals surface area contributed by atoms with Crippen LogP contribution in [0.2, 0.25) is 0 Å². The molecule has 2 fully saturated rings. The summed E-state index contributed by atoms with van der Waals surface area (Å²) < 4.78 is 11.9. The molecule has 1 aromatic carbocycles. The van der Waals surface area contributed by atoms with Crippen molar-refractivity contribution in [2.75, 3.05) is 26.3 Å². The van der Waals surface area contributed by atoms with Gasteiger partial charge in [0, 0.05) is 19.0 Å². The van der Waals surface area contributed by atoms with Crippen LogP contribution in [0.4, 0.5) is 0 Å². The van der Waals surface area contributed by atoms with Crippen LogP contribution in [-0.2, 0) is 28.8 Å². The summed E-state index contributed by atoms with van der Waals surface area (Å²) in [6.45, 7) is 5.93. The highest BCUT2D eigenvalue weighted by Crippen LogP contribution is 2.28. The Morgan fingerprint density at radius 3 is 2.33 bits per heavy atom. The van der Waals surface area contributed by atoms with E-state index in [-0.39, 0.29) is 44.4 Å². The van der Waals surface area contributed by atoms with Gasteiger partial charge in [-0.3, -0.25) is 28.8 Å². The molecule has 2 heterocycles. The summed E-state index contributed by atoms with van der Waals surface area (Å²) in [5.41, 5.74) is 10.7. The molecule has 3 aliphatic rings. The Bertz CT molecular complexity index is 1430. The van der Waals surface area contributed by atoms with Crippen molar-refractivity contribution >= 4 is 35.4 Å². The number of benzene rings is 1. The maximum Gasteiger partial charge on any atom is 0.246 e. The van der Waals surface area contributed by atoms with Crippen LogP contribution >= 0.6 is 0 Å². The van der Waals surface area contributed by atoms with Crippen LogP contribution in [0.25, 0.3) is 0 Å². The lowest BCUT2D eigenvalue weighted by molar-refractivity contribution is -0.140. The number of nitrogens with zero attached hydrogens (tertiary/aromatic N) is 1. The maximum absolute atomic E-state index is 14.2. The number of hydrogen-bond acceptors (Lipinski definition) is 9. The smallest absolute Gasteiger partial charge is 0.246 e. The van der Waals surface area contributed by atoms with Crippen molar-refractivity contribution in [1.29, 1.82) is 0 Å². The minimum absolute atomic E-state index is 0.146. The van der Waals surface area contributed by atoms with E-state index >= 15 is 0 Å². The van der Waals surface area contributed by atoms with Crippen molar-refractivity contribution in [3.8, 4) is 11.5 Å². The Kier molecular flexibility index (Phi) is 14.7. The molecule has 1 saturated carbocycles. The monoisotopic (exact) mass is 727 g/mol. The second kappa shape index (κ2) is 18.9. The summed E-state index contributed by atoms with van der Waals surface area (Å²) in [5.74, 6) is -2.49. The fourth-order valence-corrected chi connectivity index (χ4v) is 7.11. The predicted octanol–water partition coefficient (Wildman–Crippen LogP) is 1.02. The van der Waals surface area contributed by atoms with Crippen LogP contribution in [0, 0.1) is 11.3 Å². The van der Waals surface area contributed by atoms with Crippen LogP contribution < -0.4 is 42.2 Å². The van der Waals surface area contributed by atoms with E-state index in [9.17, 15) is 28.8 Å². The molecule has 2 aliphatic heterocycles. The predicted molar refractivity (Wildman–Crippen MR) is 193 cm³/mol. The fourth-order valence-electron chi connectivity index (χ4n) is 7.11. The van der Waals surface area contributed by atoms with Crippen LogP contribution in [0.5, 0.6) is 11.5 Å². The van der Waals surface area contributed by atoms with Gasteiger partial charge in [0.25, 0.3) is 0 Å². The van der Waals surface area contributed by atoms with Crippen LogP contribution in [-0.4, -0.2) is 96.9 Å². The van der Waals surface area contributed by atoms with E-state index < -0.39 is 65.2 Å². The van der Waals surface area contributed by atoms with E-state index in [2.05, 4.69) is 21.3 Å². The van der Waals surface area contributed by atoms with Gasteiger partial charge in [0.05, 0.1) is 6.61 Å². The van der Waals surface area contributed by atoms with Gasteiger partial charge >= 0.3 is 0 Å². The van der Waals surface area contributed by atoms with E-state index in [1.165, 1.54) is 0 Å². The number of fused-ring (bicyclic) bond motifs is 3. The molecule has 15 nitrogen and oxygen atoms in total. The average molecular weight is 728 g/mol. The summed E-state index contributed by atoms with van der Waals surface area (Å²) in [4.78, 5) is 82.6. The van der Waals surface area contributed by atoms with Gasteiger partial charge in [-0.05, 0) is 75.0 Å². The van der Waals surface area contributed by atoms with Crippen LogP contribution in [0.15, 0.2) is 24.3 Å². The maximum atomic E-state index is 14.2. The molecule has 288 valence electrons. The highest BCUT2D eigenvalue weighted by atomic mass is 16.5. The Balaban J connectivity index is 1.64. The number of hydrogen-bond donors (Lipinski definition) is 6. The lowest BCUT2D eigenvalue weighted by Crippen LogP contribution is -2.62. The van der Waals surface area contributed by atoms with Gasteiger partial charge in [-0.25, -0.2) is 0 Å². The lowest BCUT2D eigenvalue weighted by atomic mass is 9.83. The van der Waals surface area contributed by atoms with Crippen molar-refractivity contribution in [1.82, 2.24) is 26.2 Å². The van der Waals surface area contributed by atoms with E-state index in [0.717, 1.165) is 19.3 Å². The quantitative estimate of drug-likeness (QED) is 0.213. The largest absolute Gasteiger partial charge is 0.493 e. The first-order valence-electron chi connectivity index (χ1n) is 18.6. The van der Waals surface area contributed by atoms with E-state index in [1.807, 2.05) is 0 Å². The molecule has 52 heavy (non-hydrogen) atoms. The van der Waals surface area contributed by atoms with Crippen molar-refractivity contribution in [3.05, 3.63) is 24.3 Å². The zero-order valence-electron chi connectivity index (χ0n) is 30.7. The molecule has 6 amide bonds. The van der Waals surface area contributed by atoms with Crippen LogP contribution in [0.1, 0.15) is 91.4 Å². The molecule has 4 rings (SSSR count).